The van der Waals surface area contributed by atoms with E-state index in [2.05, 4.69) is 51.4 Å². The van der Waals surface area contributed by atoms with E-state index < -0.39 is 5.97 Å². The molecule has 2 aromatic carbocycles. The second kappa shape index (κ2) is 9.88. The van der Waals surface area contributed by atoms with E-state index in [4.69, 9.17) is 4.74 Å². The van der Waals surface area contributed by atoms with Crippen LogP contribution in [0, 0.1) is 12.8 Å². The fourth-order valence-electron chi connectivity index (χ4n) is 4.12. The minimum atomic E-state index is -0.485. The van der Waals surface area contributed by atoms with Crippen molar-refractivity contribution in [2.24, 2.45) is 5.92 Å². The lowest BCUT2D eigenvalue weighted by Gasteiger charge is -2.32. The van der Waals surface area contributed by atoms with Gasteiger partial charge in [0.25, 0.3) is 0 Å². The zero-order valence-corrected chi connectivity index (χ0v) is 18.3. The monoisotopic (exact) mass is 418 g/mol. The van der Waals surface area contributed by atoms with Crippen molar-refractivity contribution in [3.05, 3.63) is 65.5 Å². The summed E-state index contributed by atoms with van der Waals surface area (Å²) in [5.74, 6) is 0.904. The van der Waals surface area contributed by atoms with E-state index in [0.717, 1.165) is 49.9 Å². The van der Waals surface area contributed by atoms with Crippen molar-refractivity contribution in [3.8, 4) is 0 Å². The molecule has 1 saturated heterocycles. The molecule has 0 radical (unpaired) electrons. The summed E-state index contributed by atoms with van der Waals surface area (Å²) >= 11 is 0. The third kappa shape index (κ3) is 5.20. The highest BCUT2D eigenvalue weighted by Gasteiger charge is 2.21. The van der Waals surface area contributed by atoms with E-state index >= 15 is 0 Å². The van der Waals surface area contributed by atoms with Crippen LogP contribution in [-0.4, -0.2) is 47.1 Å². The van der Waals surface area contributed by atoms with Crippen molar-refractivity contribution in [2.75, 3.05) is 31.6 Å². The number of esters is 1. The molecule has 0 spiro atoms. The van der Waals surface area contributed by atoms with Crippen molar-refractivity contribution in [3.63, 3.8) is 0 Å². The number of fused-ring (bicyclic) bond motifs is 1. The number of carbonyl (C=O) groups is 1. The normalized spacial score (nSPS) is 15.2. The first kappa shape index (κ1) is 21.2. The molecule has 0 unspecified atom stereocenters. The number of aromatic nitrogens is 2. The molecular formula is C25H30N4O2. The molecule has 1 aliphatic heterocycles. The van der Waals surface area contributed by atoms with Crippen LogP contribution in [-0.2, 0) is 11.3 Å². The van der Waals surface area contributed by atoms with E-state index in [1.807, 2.05) is 24.3 Å². The molecular weight excluding hydrogens is 388 g/mol. The highest BCUT2D eigenvalue weighted by atomic mass is 16.5. The fourth-order valence-corrected chi connectivity index (χ4v) is 4.12. The number of para-hydroxylation sites is 1. The fraction of sp³-hybridized carbons (Fsp3) is 0.400. The summed E-state index contributed by atoms with van der Waals surface area (Å²) in [4.78, 5) is 23.6. The predicted molar refractivity (Wildman–Crippen MR) is 123 cm³/mol. The van der Waals surface area contributed by atoms with Gasteiger partial charge in [0, 0.05) is 18.5 Å². The predicted octanol–water partition coefficient (Wildman–Crippen LogP) is 4.44. The van der Waals surface area contributed by atoms with Crippen LogP contribution in [0.2, 0.25) is 0 Å². The van der Waals surface area contributed by atoms with Gasteiger partial charge in [-0.25, -0.2) is 14.8 Å². The maximum absolute atomic E-state index is 12.2. The lowest BCUT2D eigenvalue weighted by molar-refractivity contribution is 0.0512. The average Bonchev–Trinajstić information content (AvgIpc) is 2.80. The molecule has 0 saturated carbocycles. The van der Waals surface area contributed by atoms with E-state index in [-0.39, 0.29) is 5.82 Å². The number of nitrogens with one attached hydrogen (secondary N) is 1. The van der Waals surface area contributed by atoms with Gasteiger partial charge in [-0.3, -0.25) is 4.90 Å². The van der Waals surface area contributed by atoms with Crippen LogP contribution in [0.5, 0.6) is 0 Å². The zero-order chi connectivity index (χ0) is 21.6. The number of anilines is 1. The molecule has 3 aromatic rings. The van der Waals surface area contributed by atoms with Crippen molar-refractivity contribution in [1.82, 2.24) is 14.9 Å². The summed E-state index contributed by atoms with van der Waals surface area (Å²) in [6.07, 6.45) is 2.29. The first-order chi connectivity index (χ1) is 15.1. The number of nitrogens with zero attached hydrogens (tertiary/aromatic N) is 3. The number of hydrogen-bond acceptors (Lipinski definition) is 6. The van der Waals surface area contributed by atoms with Crippen molar-refractivity contribution in [2.45, 2.75) is 33.2 Å². The van der Waals surface area contributed by atoms with Crippen LogP contribution < -0.4 is 5.32 Å². The highest BCUT2D eigenvalue weighted by molar-refractivity contribution is 5.94. The van der Waals surface area contributed by atoms with Gasteiger partial charge < -0.3 is 10.1 Å². The van der Waals surface area contributed by atoms with Crippen LogP contribution >= 0.6 is 0 Å². The Kier molecular flexibility index (Phi) is 6.77. The Morgan fingerprint density at radius 2 is 1.84 bits per heavy atom. The zero-order valence-electron chi connectivity index (χ0n) is 18.3. The first-order valence-electron chi connectivity index (χ1n) is 11.1. The van der Waals surface area contributed by atoms with Crippen LogP contribution in [0.1, 0.15) is 41.5 Å². The van der Waals surface area contributed by atoms with Gasteiger partial charge in [-0.1, -0.05) is 36.4 Å². The minimum absolute atomic E-state index is 0.108. The van der Waals surface area contributed by atoms with E-state index in [1.165, 1.54) is 11.1 Å². The number of piperidine rings is 1. The molecule has 162 valence electrons. The summed E-state index contributed by atoms with van der Waals surface area (Å²) in [5.41, 5.74) is 3.52. The number of likely N-dealkylation sites (tertiary alicyclic amines) is 1. The standard InChI is InChI=1S/C25H30N4O2/c1-3-31-25(30)24-27-22-11-7-6-10-21(22)23(28-24)26-16-19-12-14-29(15-13-19)17-20-9-5-4-8-18(20)2/h4-11,19H,3,12-17H2,1-2H3,(H,26,27,28). The summed E-state index contributed by atoms with van der Waals surface area (Å²) in [5, 5.41) is 4.41. The van der Waals surface area contributed by atoms with Crippen LogP contribution in [0.4, 0.5) is 5.82 Å². The Balaban J connectivity index is 1.38. The lowest BCUT2D eigenvalue weighted by Crippen LogP contribution is -2.35. The van der Waals surface area contributed by atoms with Gasteiger partial charge >= 0.3 is 5.97 Å². The SMILES string of the molecule is CCOC(=O)c1nc(NCC2CCN(Cc3ccccc3C)CC2)c2ccccc2n1. The average molecular weight is 419 g/mol. The number of rotatable bonds is 7. The van der Waals surface area contributed by atoms with E-state index in [1.54, 1.807) is 6.92 Å². The molecule has 1 fully saturated rings. The van der Waals surface area contributed by atoms with E-state index in [0.29, 0.717) is 18.3 Å². The molecule has 1 aliphatic rings. The molecule has 6 heteroatoms. The Morgan fingerprint density at radius 3 is 2.61 bits per heavy atom. The van der Waals surface area contributed by atoms with Gasteiger partial charge in [0.05, 0.1) is 12.1 Å². The lowest BCUT2D eigenvalue weighted by atomic mass is 9.96. The quantitative estimate of drug-likeness (QED) is 0.572. The molecule has 31 heavy (non-hydrogen) atoms. The van der Waals surface area contributed by atoms with Gasteiger partial charge in [0.15, 0.2) is 0 Å². The van der Waals surface area contributed by atoms with Crippen LogP contribution in [0.15, 0.2) is 48.5 Å². The molecule has 6 nitrogen and oxygen atoms in total. The summed E-state index contributed by atoms with van der Waals surface area (Å²) < 4.78 is 5.10. The maximum atomic E-state index is 12.2. The van der Waals surface area contributed by atoms with Crippen molar-refractivity contribution in [1.29, 1.82) is 0 Å². The first-order valence-corrected chi connectivity index (χ1v) is 11.1. The number of benzene rings is 2. The molecule has 2 heterocycles. The highest BCUT2D eigenvalue weighted by Crippen LogP contribution is 2.24. The molecule has 0 atom stereocenters. The van der Waals surface area contributed by atoms with Crippen LogP contribution in [0.25, 0.3) is 10.9 Å². The molecule has 0 bridgehead atoms. The molecule has 1 N–H and O–H groups in total. The molecule has 0 aliphatic carbocycles. The van der Waals surface area contributed by atoms with Gasteiger partial charge in [-0.2, -0.15) is 0 Å². The smallest absolute Gasteiger partial charge is 0.376 e. The van der Waals surface area contributed by atoms with E-state index in [9.17, 15) is 4.79 Å². The number of ether oxygens (including phenoxy) is 1. The number of aryl methyl sites for hydroxylation is 1. The van der Waals surface area contributed by atoms with Gasteiger partial charge in [0.2, 0.25) is 5.82 Å². The second-order valence-electron chi connectivity index (χ2n) is 8.16. The largest absolute Gasteiger partial charge is 0.460 e. The topological polar surface area (TPSA) is 67.3 Å². The Labute approximate surface area is 183 Å². The molecule has 1 aromatic heterocycles. The maximum Gasteiger partial charge on any atom is 0.376 e. The minimum Gasteiger partial charge on any atom is -0.460 e. The Bertz CT molecular complexity index is 1040. The van der Waals surface area contributed by atoms with Gasteiger partial charge in [-0.05, 0) is 69.0 Å². The van der Waals surface area contributed by atoms with Crippen molar-refractivity contribution >= 4 is 22.7 Å². The summed E-state index contributed by atoms with van der Waals surface area (Å²) in [6, 6.07) is 16.4. The third-order valence-electron chi connectivity index (χ3n) is 5.98. The van der Waals surface area contributed by atoms with Gasteiger partial charge in [-0.15, -0.1) is 0 Å². The summed E-state index contributed by atoms with van der Waals surface area (Å²) in [6.45, 7) is 8.32. The number of carbonyl (C=O) groups excluding carboxylic acids is 1. The molecule has 4 rings (SSSR count). The van der Waals surface area contributed by atoms with Crippen molar-refractivity contribution < 1.29 is 9.53 Å². The van der Waals surface area contributed by atoms with Gasteiger partial charge in [0.1, 0.15) is 5.82 Å². The summed E-state index contributed by atoms with van der Waals surface area (Å²) in [7, 11) is 0. The molecule has 0 amide bonds. The second-order valence-corrected chi connectivity index (χ2v) is 8.16. The number of hydrogen-bond donors (Lipinski definition) is 1. The Morgan fingerprint density at radius 1 is 1.10 bits per heavy atom. The third-order valence-corrected chi connectivity index (χ3v) is 5.98. The van der Waals surface area contributed by atoms with Crippen LogP contribution in [0.3, 0.4) is 0 Å². The Hall–Kier alpha value is -2.99.